The predicted molar refractivity (Wildman–Crippen MR) is 94.9 cm³/mol. The van der Waals surface area contributed by atoms with Gasteiger partial charge in [-0.15, -0.1) is 11.3 Å². The zero-order valence-electron chi connectivity index (χ0n) is 14.9. The smallest absolute Gasteiger partial charge is 0.351 e. The second kappa shape index (κ2) is 7.53. The molecule has 0 aliphatic carbocycles. The molecule has 3 heterocycles. The van der Waals surface area contributed by atoms with Crippen molar-refractivity contribution in [1.29, 1.82) is 0 Å². The fourth-order valence-electron chi connectivity index (χ4n) is 2.98. The first kappa shape index (κ1) is 20.3. The highest BCUT2D eigenvalue weighted by molar-refractivity contribution is 7.91. The van der Waals surface area contributed by atoms with Crippen LogP contribution in [0.1, 0.15) is 25.0 Å². The molecule has 2 aromatic heterocycles. The van der Waals surface area contributed by atoms with Gasteiger partial charge in [0.1, 0.15) is 9.90 Å². The number of alkyl halides is 3. The maximum absolute atomic E-state index is 13.0. The molecule has 1 saturated heterocycles. The lowest BCUT2D eigenvalue weighted by Gasteiger charge is -2.27. The van der Waals surface area contributed by atoms with Crippen LogP contribution >= 0.6 is 11.3 Å². The summed E-state index contributed by atoms with van der Waals surface area (Å²) in [4.78, 5) is 2.02. The Morgan fingerprint density at radius 2 is 2.04 bits per heavy atom. The fourth-order valence-corrected chi connectivity index (χ4v) is 5.83. The largest absolute Gasteiger partial charge is 0.452 e. The van der Waals surface area contributed by atoms with Crippen LogP contribution in [0.2, 0.25) is 0 Å². The Morgan fingerprint density at radius 1 is 1.30 bits per heavy atom. The average Bonchev–Trinajstić information content (AvgIpc) is 3.18. The molecule has 0 spiro atoms. The summed E-state index contributed by atoms with van der Waals surface area (Å²) >= 11 is 0.972. The molecule has 1 aliphatic heterocycles. The minimum absolute atomic E-state index is 0.0398. The predicted octanol–water partition coefficient (Wildman–Crippen LogP) is 3.53. The summed E-state index contributed by atoms with van der Waals surface area (Å²) in [5.74, 6) is -1.21. The van der Waals surface area contributed by atoms with Crippen molar-refractivity contribution in [2.24, 2.45) is 0 Å². The summed E-state index contributed by atoms with van der Waals surface area (Å²) in [6.45, 7) is 0.826. The molecule has 150 valence electrons. The number of sulfonamides is 1. The standard InChI is InChI=1S/C16H20F3N3O3S2/c1-21(2)12-5-3-4-6-22(9-12)27(23,24)15-7-11(10-26-15)13-8-14(25-20-13)16(17,18)19/h7-8,10,12H,3-6,9H2,1-2H3/t12-/m0/s1. The Hall–Kier alpha value is -1.43. The molecule has 1 atom stereocenters. The monoisotopic (exact) mass is 423 g/mol. The van der Waals surface area contributed by atoms with Crippen LogP contribution in [0.4, 0.5) is 13.2 Å². The third kappa shape index (κ3) is 4.36. The van der Waals surface area contributed by atoms with Crippen LogP contribution < -0.4 is 0 Å². The summed E-state index contributed by atoms with van der Waals surface area (Å²) in [5, 5.41) is 4.89. The second-order valence-electron chi connectivity index (χ2n) is 6.70. The van der Waals surface area contributed by atoms with Crippen molar-refractivity contribution >= 4 is 21.4 Å². The minimum Gasteiger partial charge on any atom is -0.351 e. The highest BCUT2D eigenvalue weighted by Crippen LogP contribution is 2.35. The lowest BCUT2D eigenvalue weighted by Crippen LogP contribution is -2.41. The van der Waals surface area contributed by atoms with E-state index in [1.165, 1.54) is 15.8 Å². The first-order chi connectivity index (χ1) is 12.6. The topological polar surface area (TPSA) is 66.7 Å². The molecule has 6 nitrogen and oxygen atoms in total. The first-order valence-electron chi connectivity index (χ1n) is 8.38. The van der Waals surface area contributed by atoms with E-state index in [9.17, 15) is 21.6 Å². The lowest BCUT2D eigenvalue weighted by atomic mass is 10.1. The summed E-state index contributed by atoms with van der Waals surface area (Å²) in [6, 6.07) is 2.26. The molecule has 11 heteroatoms. The Kier molecular flexibility index (Phi) is 5.67. The van der Waals surface area contributed by atoms with Gasteiger partial charge in [-0.1, -0.05) is 11.6 Å². The maximum atomic E-state index is 13.0. The van der Waals surface area contributed by atoms with Crippen molar-refractivity contribution in [3.63, 3.8) is 0 Å². The summed E-state index contributed by atoms with van der Waals surface area (Å²) in [7, 11) is 0.131. The number of hydrogen-bond donors (Lipinski definition) is 0. The van der Waals surface area contributed by atoms with Crippen molar-refractivity contribution in [1.82, 2.24) is 14.4 Å². The van der Waals surface area contributed by atoms with E-state index in [0.29, 0.717) is 13.1 Å². The van der Waals surface area contributed by atoms with Gasteiger partial charge >= 0.3 is 6.18 Å². The first-order valence-corrected chi connectivity index (χ1v) is 10.7. The van der Waals surface area contributed by atoms with Gasteiger partial charge in [0.25, 0.3) is 10.0 Å². The molecular weight excluding hydrogens is 403 g/mol. The number of aromatic nitrogens is 1. The van der Waals surface area contributed by atoms with E-state index < -0.39 is 22.0 Å². The molecule has 1 aliphatic rings. The molecule has 0 unspecified atom stereocenters. The second-order valence-corrected chi connectivity index (χ2v) is 9.78. The SMILES string of the molecule is CN(C)[C@H]1CCCCN(S(=O)(=O)c2cc(-c3cc(C(F)(F)F)on3)cs2)C1. The zero-order valence-corrected chi connectivity index (χ0v) is 16.5. The van der Waals surface area contributed by atoms with E-state index in [0.717, 1.165) is 36.7 Å². The van der Waals surface area contributed by atoms with E-state index in [-0.39, 0.29) is 21.5 Å². The third-order valence-electron chi connectivity index (χ3n) is 4.59. The molecular formula is C16H20F3N3O3S2. The molecule has 0 bridgehead atoms. The number of hydrogen-bond acceptors (Lipinski definition) is 6. The maximum Gasteiger partial charge on any atom is 0.452 e. The van der Waals surface area contributed by atoms with Crippen LogP contribution in [-0.4, -0.2) is 56.0 Å². The van der Waals surface area contributed by atoms with Gasteiger partial charge in [0.05, 0.1) is 0 Å². The molecule has 0 radical (unpaired) electrons. The highest BCUT2D eigenvalue weighted by Gasteiger charge is 2.36. The van der Waals surface area contributed by atoms with Crippen LogP contribution in [0.3, 0.4) is 0 Å². The van der Waals surface area contributed by atoms with Crippen LogP contribution in [0, 0.1) is 0 Å². The minimum atomic E-state index is -4.64. The molecule has 0 saturated carbocycles. The van der Waals surface area contributed by atoms with E-state index >= 15 is 0 Å². The quantitative estimate of drug-likeness (QED) is 0.753. The molecule has 0 aromatic carbocycles. The van der Waals surface area contributed by atoms with Gasteiger partial charge in [-0.05, 0) is 33.0 Å². The van der Waals surface area contributed by atoms with Crippen LogP contribution in [0.5, 0.6) is 0 Å². The Balaban J connectivity index is 1.85. The van der Waals surface area contributed by atoms with Gasteiger partial charge < -0.3 is 9.42 Å². The van der Waals surface area contributed by atoms with Gasteiger partial charge in [0.2, 0.25) is 5.76 Å². The van der Waals surface area contributed by atoms with Gasteiger partial charge in [0.15, 0.2) is 0 Å². The summed E-state index contributed by atoms with van der Waals surface area (Å²) in [5.41, 5.74) is 0.249. The van der Waals surface area contributed by atoms with Gasteiger partial charge in [-0.25, -0.2) is 8.42 Å². The number of rotatable bonds is 4. The fraction of sp³-hybridized carbons (Fsp3) is 0.562. The summed E-state index contributed by atoms with van der Waals surface area (Å²) < 4.78 is 69.9. The van der Waals surface area contributed by atoms with Crippen molar-refractivity contribution in [2.45, 2.75) is 35.7 Å². The van der Waals surface area contributed by atoms with Gasteiger partial charge in [0, 0.05) is 36.1 Å². The highest BCUT2D eigenvalue weighted by atomic mass is 32.2. The molecule has 2 aromatic rings. The number of likely N-dealkylation sites (N-methyl/N-ethyl adjacent to an activating group) is 1. The van der Waals surface area contributed by atoms with E-state index in [1.54, 1.807) is 0 Å². The number of nitrogens with zero attached hydrogens (tertiary/aromatic N) is 3. The van der Waals surface area contributed by atoms with Crippen molar-refractivity contribution in [3.8, 4) is 11.3 Å². The van der Waals surface area contributed by atoms with E-state index in [1.807, 2.05) is 19.0 Å². The molecule has 3 rings (SSSR count). The van der Waals surface area contributed by atoms with Gasteiger partial charge in [-0.3, -0.25) is 0 Å². The van der Waals surface area contributed by atoms with Crippen LogP contribution in [-0.2, 0) is 16.2 Å². The molecule has 0 amide bonds. The molecule has 0 N–H and O–H groups in total. The van der Waals surface area contributed by atoms with Crippen molar-refractivity contribution in [3.05, 3.63) is 23.3 Å². The Bertz CT molecular complexity index is 890. The van der Waals surface area contributed by atoms with E-state index in [4.69, 9.17) is 0 Å². The molecule has 1 fully saturated rings. The summed E-state index contributed by atoms with van der Waals surface area (Å²) in [6.07, 6.45) is -1.99. The third-order valence-corrected chi connectivity index (χ3v) is 7.87. The number of halogens is 3. The lowest BCUT2D eigenvalue weighted by molar-refractivity contribution is -0.155. The van der Waals surface area contributed by atoms with E-state index in [2.05, 4.69) is 9.68 Å². The van der Waals surface area contributed by atoms with Gasteiger partial charge in [-0.2, -0.15) is 17.5 Å². The van der Waals surface area contributed by atoms with Crippen LogP contribution in [0.15, 0.2) is 26.2 Å². The molecule has 27 heavy (non-hydrogen) atoms. The van der Waals surface area contributed by atoms with Crippen molar-refractivity contribution in [2.75, 3.05) is 27.2 Å². The Morgan fingerprint density at radius 3 is 2.67 bits per heavy atom. The average molecular weight is 423 g/mol. The number of thiophene rings is 1. The Labute approximate surface area is 159 Å². The van der Waals surface area contributed by atoms with Crippen molar-refractivity contribution < 1.29 is 26.1 Å². The van der Waals surface area contributed by atoms with Crippen LogP contribution in [0.25, 0.3) is 11.3 Å². The normalized spacial score (nSPS) is 20.1. The zero-order chi connectivity index (χ0) is 19.8.